The zero-order chi connectivity index (χ0) is 19.3. The molecule has 0 spiro atoms. The molecule has 2 N–H and O–H groups in total. The Bertz CT molecular complexity index is 898. The Labute approximate surface area is 152 Å². The highest BCUT2D eigenvalue weighted by molar-refractivity contribution is 7.89. The van der Waals surface area contributed by atoms with Crippen LogP contribution in [0.2, 0.25) is 0 Å². The second-order valence-electron chi connectivity index (χ2n) is 5.98. The number of anilines is 1. The van der Waals surface area contributed by atoms with Crippen molar-refractivity contribution < 1.29 is 22.3 Å². The number of rotatable bonds is 7. The summed E-state index contributed by atoms with van der Waals surface area (Å²) in [5, 5.41) is 2.42. The number of hydrogen-bond acceptors (Lipinski definition) is 4. The van der Waals surface area contributed by atoms with E-state index in [-0.39, 0.29) is 16.7 Å². The van der Waals surface area contributed by atoms with Gasteiger partial charge in [0.05, 0.1) is 17.5 Å². The minimum absolute atomic E-state index is 0.0270. The lowest BCUT2D eigenvalue weighted by Crippen LogP contribution is -2.33. The van der Waals surface area contributed by atoms with Crippen LogP contribution in [-0.4, -0.2) is 27.0 Å². The van der Waals surface area contributed by atoms with Crippen molar-refractivity contribution in [2.75, 3.05) is 11.9 Å². The number of halogens is 1. The first kappa shape index (κ1) is 19.9. The summed E-state index contributed by atoms with van der Waals surface area (Å²) in [6, 6.07) is 9.81. The lowest BCUT2D eigenvalue weighted by molar-refractivity contribution is -0.115. The molecular formula is C18H21FN2O4S. The van der Waals surface area contributed by atoms with Gasteiger partial charge < -0.3 is 10.1 Å². The summed E-state index contributed by atoms with van der Waals surface area (Å²) in [5.41, 5.74) is 0.922. The number of hydrogen-bond donors (Lipinski definition) is 2. The minimum Gasteiger partial charge on any atom is -0.491 e. The Balaban J connectivity index is 2.02. The second-order valence-corrected chi connectivity index (χ2v) is 7.74. The van der Waals surface area contributed by atoms with Gasteiger partial charge in [-0.3, -0.25) is 4.79 Å². The zero-order valence-electron chi connectivity index (χ0n) is 14.7. The van der Waals surface area contributed by atoms with Gasteiger partial charge in [-0.25, -0.2) is 17.5 Å². The molecule has 2 rings (SSSR count). The molecule has 0 bridgehead atoms. The van der Waals surface area contributed by atoms with Gasteiger partial charge in [-0.1, -0.05) is 6.07 Å². The van der Waals surface area contributed by atoms with Crippen LogP contribution in [0, 0.1) is 12.7 Å². The van der Waals surface area contributed by atoms with E-state index in [0.717, 1.165) is 6.07 Å². The minimum atomic E-state index is -3.86. The Kier molecular flexibility index (Phi) is 6.33. The van der Waals surface area contributed by atoms with Gasteiger partial charge in [0, 0.05) is 5.69 Å². The molecule has 0 aromatic heterocycles. The molecular weight excluding hydrogens is 359 g/mol. The predicted octanol–water partition coefficient (Wildman–Crippen LogP) is 2.84. The van der Waals surface area contributed by atoms with Gasteiger partial charge in [-0.05, 0) is 62.7 Å². The fourth-order valence-electron chi connectivity index (χ4n) is 2.19. The quantitative estimate of drug-likeness (QED) is 0.774. The SMILES string of the molecule is Cc1cc(S(=O)(=O)NCC(=O)Nc2cccc(F)c2)ccc1OC(C)C. The lowest BCUT2D eigenvalue weighted by atomic mass is 10.2. The van der Waals surface area contributed by atoms with Crippen LogP contribution in [0.1, 0.15) is 19.4 Å². The number of amides is 1. The number of sulfonamides is 1. The highest BCUT2D eigenvalue weighted by atomic mass is 32.2. The van der Waals surface area contributed by atoms with E-state index < -0.39 is 28.3 Å². The normalized spacial score (nSPS) is 11.4. The topological polar surface area (TPSA) is 84.5 Å². The average Bonchev–Trinajstić information content (AvgIpc) is 2.54. The number of carbonyl (C=O) groups is 1. The molecule has 0 saturated heterocycles. The first-order valence-corrected chi connectivity index (χ1v) is 9.48. The molecule has 2 aromatic carbocycles. The summed E-state index contributed by atoms with van der Waals surface area (Å²) in [7, 11) is -3.86. The van der Waals surface area contributed by atoms with Gasteiger partial charge in [0.2, 0.25) is 15.9 Å². The van der Waals surface area contributed by atoms with Crippen LogP contribution < -0.4 is 14.8 Å². The highest BCUT2D eigenvalue weighted by Gasteiger charge is 2.17. The molecule has 0 atom stereocenters. The van der Waals surface area contributed by atoms with Crippen molar-refractivity contribution in [1.82, 2.24) is 4.72 Å². The summed E-state index contributed by atoms with van der Waals surface area (Å²) in [6.45, 7) is 5.03. The molecule has 0 aliphatic heterocycles. The maximum Gasteiger partial charge on any atom is 0.241 e. The van der Waals surface area contributed by atoms with Crippen molar-refractivity contribution in [2.24, 2.45) is 0 Å². The van der Waals surface area contributed by atoms with Crippen molar-refractivity contribution in [3.63, 3.8) is 0 Å². The zero-order valence-corrected chi connectivity index (χ0v) is 15.6. The first-order valence-electron chi connectivity index (χ1n) is 8.00. The number of aryl methyl sites for hydroxylation is 1. The molecule has 0 heterocycles. The van der Waals surface area contributed by atoms with Gasteiger partial charge >= 0.3 is 0 Å². The van der Waals surface area contributed by atoms with Crippen molar-refractivity contribution in [1.29, 1.82) is 0 Å². The van der Waals surface area contributed by atoms with Gasteiger partial charge in [0.25, 0.3) is 0 Å². The molecule has 0 saturated carbocycles. The second kappa shape index (κ2) is 8.29. The molecule has 26 heavy (non-hydrogen) atoms. The average molecular weight is 380 g/mol. The highest BCUT2D eigenvalue weighted by Crippen LogP contribution is 2.22. The maximum atomic E-state index is 13.1. The summed E-state index contributed by atoms with van der Waals surface area (Å²) >= 11 is 0. The van der Waals surface area contributed by atoms with Crippen LogP contribution in [0.4, 0.5) is 10.1 Å². The first-order chi connectivity index (χ1) is 12.2. The smallest absolute Gasteiger partial charge is 0.241 e. The largest absolute Gasteiger partial charge is 0.491 e. The molecule has 0 unspecified atom stereocenters. The van der Waals surface area contributed by atoms with E-state index in [1.807, 2.05) is 13.8 Å². The Morgan fingerprint density at radius 2 is 1.92 bits per heavy atom. The van der Waals surface area contributed by atoms with Crippen LogP contribution in [0.15, 0.2) is 47.4 Å². The molecule has 2 aromatic rings. The van der Waals surface area contributed by atoms with E-state index in [9.17, 15) is 17.6 Å². The summed E-state index contributed by atoms with van der Waals surface area (Å²) in [6.07, 6.45) is -0.0270. The number of carbonyl (C=O) groups excluding carboxylic acids is 1. The van der Waals surface area contributed by atoms with Crippen molar-refractivity contribution in [3.8, 4) is 5.75 Å². The molecule has 0 radical (unpaired) electrons. The van der Waals surface area contributed by atoms with Gasteiger partial charge in [0.1, 0.15) is 11.6 Å². The third kappa shape index (κ3) is 5.53. The lowest BCUT2D eigenvalue weighted by Gasteiger charge is -2.14. The predicted molar refractivity (Wildman–Crippen MR) is 97.2 cm³/mol. The number of nitrogens with one attached hydrogen (secondary N) is 2. The van der Waals surface area contributed by atoms with Crippen LogP contribution >= 0.6 is 0 Å². The maximum absolute atomic E-state index is 13.1. The van der Waals surface area contributed by atoms with Crippen LogP contribution in [0.25, 0.3) is 0 Å². The van der Waals surface area contributed by atoms with E-state index in [4.69, 9.17) is 4.74 Å². The van der Waals surface area contributed by atoms with Crippen LogP contribution in [0.5, 0.6) is 5.75 Å². The molecule has 0 fully saturated rings. The molecule has 0 aliphatic rings. The van der Waals surface area contributed by atoms with Crippen molar-refractivity contribution in [2.45, 2.75) is 31.8 Å². The fourth-order valence-corrected chi connectivity index (χ4v) is 3.26. The fraction of sp³-hybridized carbons (Fsp3) is 0.278. The number of benzene rings is 2. The number of ether oxygens (including phenoxy) is 1. The molecule has 0 aliphatic carbocycles. The van der Waals surface area contributed by atoms with Gasteiger partial charge in [-0.2, -0.15) is 0 Å². The van der Waals surface area contributed by atoms with E-state index in [2.05, 4.69) is 10.0 Å². The third-order valence-corrected chi connectivity index (χ3v) is 4.75. The third-order valence-electron chi connectivity index (χ3n) is 3.35. The molecule has 8 heteroatoms. The van der Waals surface area contributed by atoms with Crippen molar-refractivity contribution >= 4 is 21.6 Å². The monoisotopic (exact) mass is 380 g/mol. The summed E-state index contributed by atoms with van der Waals surface area (Å²) in [5.74, 6) is -0.499. The molecule has 1 amide bonds. The van der Waals surface area contributed by atoms with Gasteiger partial charge in [-0.15, -0.1) is 0 Å². The Hall–Kier alpha value is -2.45. The van der Waals surface area contributed by atoms with E-state index in [1.165, 1.54) is 30.3 Å². The Morgan fingerprint density at radius 3 is 2.54 bits per heavy atom. The molecule has 6 nitrogen and oxygen atoms in total. The summed E-state index contributed by atoms with van der Waals surface area (Å²) in [4.78, 5) is 11.9. The van der Waals surface area contributed by atoms with E-state index in [1.54, 1.807) is 13.0 Å². The standard InChI is InChI=1S/C18H21FN2O4S/c1-12(2)25-17-8-7-16(9-13(17)3)26(23,24)20-11-18(22)21-15-6-4-5-14(19)10-15/h4-10,12,20H,11H2,1-3H3,(H,21,22). The van der Waals surface area contributed by atoms with E-state index in [0.29, 0.717) is 11.3 Å². The molecule has 140 valence electrons. The Morgan fingerprint density at radius 1 is 1.19 bits per heavy atom. The van der Waals surface area contributed by atoms with Gasteiger partial charge in [0.15, 0.2) is 0 Å². The van der Waals surface area contributed by atoms with Crippen molar-refractivity contribution in [3.05, 3.63) is 53.8 Å². The summed E-state index contributed by atoms with van der Waals surface area (Å²) < 4.78 is 45.6. The van der Waals surface area contributed by atoms with Crippen LogP contribution in [-0.2, 0) is 14.8 Å². The van der Waals surface area contributed by atoms with Crippen LogP contribution in [0.3, 0.4) is 0 Å². The van der Waals surface area contributed by atoms with E-state index >= 15 is 0 Å².